The number of para-hydroxylation sites is 1. The van der Waals surface area contributed by atoms with E-state index in [1.165, 1.54) is 24.6 Å². The summed E-state index contributed by atoms with van der Waals surface area (Å²) in [6, 6.07) is 8.47. The molecule has 4 heteroatoms. The Balaban J connectivity index is 1.96. The van der Waals surface area contributed by atoms with Crippen LogP contribution in [0.4, 0.5) is 10.5 Å². The second-order valence-corrected chi connectivity index (χ2v) is 7.97. The van der Waals surface area contributed by atoms with Crippen molar-refractivity contribution in [2.24, 2.45) is 0 Å². The SMILES string of the molecule is CCP(C)c1ccccc1NC(=O)NC1CCCCC1. The highest BCUT2D eigenvalue weighted by Gasteiger charge is 2.16. The minimum absolute atomic E-state index is 0.0520. The molecule has 1 aliphatic carbocycles. The number of hydrogen-bond donors (Lipinski definition) is 2. The highest BCUT2D eigenvalue weighted by molar-refractivity contribution is 7.65. The number of benzene rings is 1. The third-order valence-electron chi connectivity index (χ3n) is 3.98. The molecule has 110 valence electrons. The van der Waals surface area contributed by atoms with E-state index in [9.17, 15) is 4.79 Å². The van der Waals surface area contributed by atoms with Gasteiger partial charge in [-0.1, -0.05) is 52.3 Å². The maximum absolute atomic E-state index is 12.1. The molecule has 0 spiro atoms. The van der Waals surface area contributed by atoms with Crippen LogP contribution in [0.15, 0.2) is 24.3 Å². The van der Waals surface area contributed by atoms with E-state index in [1.807, 2.05) is 18.2 Å². The van der Waals surface area contributed by atoms with Crippen molar-refractivity contribution in [2.45, 2.75) is 45.1 Å². The van der Waals surface area contributed by atoms with Crippen molar-refractivity contribution in [1.82, 2.24) is 5.32 Å². The Kier molecular flexibility index (Phi) is 5.85. The number of hydrogen-bond acceptors (Lipinski definition) is 1. The van der Waals surface area contributed by atoms with Crippen LogP contribution in [-0.2, 0) is 0 Å². The lowest BCUT2D eigenvalue weighted by atomic mass is 9.96. The number of urea groups is 1. The van der Waals surface area contributed by atoms with Gasteiger partial charge in [0, 0.05) is 6.04 Å². The van der Waals surface area contributed by atoms with E-state index in [1.54, 1.807) is 0 Å². The van der Waals surface area contributed by atoms with Crippen molar-refractivity contribution in [3.8, 4) is 0 Å². The number of nitrogens with one attached hydrogen (secondary N) is 2. The van der Waals surface area contributed by atoms with Crippen LogP contribution < -0.4 is 15.9 Å². The van der Waals surface area contributed by atoms with Gasteiger partial charge >= 0.3 is 6.03 Å². The fourth-order valence-electron chi connectivity index (χ4n) is 2.67. The molecule has 2 N–H and O–H groups in total. The van der Waals surface area contributed by atoms with Crippen molar-refractivity contribution >= 4 is 24.9 Å². The molecule has 0 heterocycles. The first kappa shape index (κ1) is 15.3. The molecule has 1 atom stereocenters. The fraction of sp³-hybridized carbons (Fsp3) is 0.562. The largest absolute Gasteiger partial charge is 0.335 e. The Bertz CT molecular complexity index is 444. The van der Waals surface area contributed by atoms with E-state index in [2.05, 4.69) is 30.3 Å². The zero-order valence-corrected chi connectivity index (χ0v) is 13.4. The van der Waals surface area contributed by atoms with Gasteiger partial charge in [0.1, 0.15) is 0 Å². The molecular weight excluding hydrogens is 267 g/mol. The second-order valence-electron chi connectivity index (χ2n) is 5.46. The second kappa shape index (κ2) is 7.64. The summed E-state index contributed by atoms with van der Waals surface area (Å²) < 4.78 is 0. The summed E-state index contributed by atoms with van der Waals surface area (Å²) in [4.78, 5) is 12.1. The number of rotatable bonds is 4. The van der Waals surface area contributed by atoms with Gasteiger partial charge in [0.05, 0.1) is 5.69 Å². The fourth-order valence-corrected chi connectivity index (χ4v) is 3.90. The standard InChI is InChI=1S/C16H25N2OP/c1-3-20(2)15-12-8-7-11-14(15)18-16(19)17-13-9-5-4-6-10-13/h7-8,11-13H,3-6,9-10H2,1-2H3,(H2,17,18,19). The Hall–Kier alpha value is -1.08. The maximum Gasteiger partial charge on any atom is 0.319 e. The van der Waals surface area contributed by atoms with Crippen LogP contribution in [0, 0.1) is 0 Å². The summed E-state index contributed by atoms with van der Waals surface area (Å²) in [5.41, 5.74) is 0.969. The summed E-state index contributed by atoms with van der Waals surface area (Å²) in [5.74, 6) is 0. The average molecular weight is 292 g/mol. The van der Waals surface area contributed by atoms with Gasteiger partial charge in [-0.3, -0.25) is 0 Å². The Morgan fingerprint density at radius 3 is 2.65 bits per heavy atom. The third kappa shape index (κ3) is 4.21. The Labute approximate surface area is 123 Å². The van der Waals surface area contributed by atoms with E-state index in [-0.39, 0.29) is 14.0 Å². The highest BCUT2D eigenvalue weighted by Crippen LogP contribution is 2.31. The lowest BCUT2D eigenvalue weighted by molar-refractivity contribution is 0.244. The topological polar surface area (TPSA) is 41.1 Å². The summed E-state index contributed by atoms with van der Waals surface area (Å²) in [6.07, 6.45) is 7.14. The predicted molar refractivity (Wildman–Crippen MR) is 88.5 cm³/mol. The number of amides is 2. The highest BCUT2D eigenvalue weighted by atomic mass is 31.1. The van der Waals surface area contributed by atoms with Crippen LogP contribution in [0.2, 0.25) is 0 Å². The molecule has 0 aromatic heterocycles. The lowest BCUT2D eigenvalue weighted by Crippen LogP contribution is -2.39. The summed E-state index contributed by atoms with van der Waals surface area (Å²) in [6.45, 7) is 4.46. The van der Waals surface area contributed by atoms with Gasteiger partial charge in [-0.2, -0.15) is 0 Å². The first-order valence-corrected chi connectivity index (χ1v) is 9.55. The monoisotopic (exact) mass is 292 g/mol. The first-order valence-electron chi connectivity index (χ1n) is 7.58. The van der Waals surface area contributed by atoms with Crippen LogP contribution in [-0.4, -0.2) is 24.9 Å². The first-order chi connectivity index (χ1) is 9.70. The molecule has 1 aromatic carbocycles. The third-order valence-corrected chi connectivity index (χ3v) is 6.14. The number of carbonyl (C=O) groups is 1. The zero-order valence-electron chi connectivity index (χ0n) is 12.5. The average Bonchev–Trinajstić information content (AvgIpc) is 2.48. The molecule has 20 heavy (non-hydrogen) atoms. The van der Waals surface area contributed by atoms with E-state index in [4.69, 9.17) is 0 Å². The van der Waals surface area contributed by atoms with Crippen molar-refractivity contribution in [2.75, 3.05) is 18.1 Å². The van der Waals surface area contributed by atoms with Crippen molar-refractivity contribution in [1.29, 1.82) is 0 Å². The van der Waals surface area contributed by atoms with Gasteiger partial charge in [0.25, 0.3) is 0 Å². The normalized spacial score (nSPS) is 17.5. The summed E-state index contributed by atoms with van der Waals surface area (Å²) >= 11 is 0. The van der Waals surface area contributed by atoms with E-state index in [0.717, 1.165) is 24.7 Å². The minimum atomic E-state index is -0.187. The number of anilines is 1. The van der Waals surface area contributed by atoms with Crippen LogP contribution in [0.1, 0.15) is 39.0 Å². The molecule has 0 radical (unpaired) electrons. The molecule has 1 saturated carbocycles. The molecular formula is C16H25N2OP. The smallest absolute Gasteiger partial charge is 0.319 e. The van der Waals surface area contributed by atoms with Crippen LogP contribution in [0.3, 0.4) is 0 Å². The Morgan fingerprint density at radius 2 is 1.95 bits per heavy atom. The molecule has 2 rings (SSSR count). The molecule has 0 saturated heterocycles. The molecule has 0 bridgehead atoms. The van der Waals surface area contributed by atoms with Crippen molar-refractivity contribution < 1.29 is 4.79 Å². The van der Waals surface area contributed by atoms with Gasteiger partial charge < -0.3 is 10.6 Å². The van der Waals surface area contributed by atoms with Gasteiger partial charge in [-0.05, 0) is 37.0 Å². The molecule has 0 aliphatic heterocycles. The van der Waals surface area contributed by atoms with Crippen LogP contribution >= 0.6 is 7.92 Å². The molecule has 1 aliphatic rings. The maximum atomic E-state index is 12.1. The van der Waals surface area contributed by atoms with Crippen molar-refractivity contribution in [3.63, 3.8) is 0 Å². The lowest BCUT2D eigenvalue weighted by Gasteiger charge is -2.23. The Morgan fingerprint density at radius 1 is 1.25 bits per heavy atom. The van der Waals surface area contributed by atoms with Crippen LogP contribution in [0.5, 0.6) is 0 Å². The quantitative estimate of drug-likeness (QED) is 0.812. The molecule has 1 fully saturated rings. The molecule has 1 aromatic rings. The molecule has 3 nitrogen and oxygen atoms in total. The van der Waals surface area contributed by atoms with Gasteiger partial charge in [0.2, 0.25) is 0 Å². The van der Waals surface area contributed by atoms with Crippen LogP contribution in [0.25, 0.3) is 0 Å². The number of carbonyl (C=O) groups excluding carboxylic acids is 1. The van der Waals surface area contributed by atoms with Gasteiger partial charge in [-0.25, -0.2) is 4.79 Å². The van der Waals surface area contributed by atoms with Gasteiger partial charge in [0.15, 0.2) is 0 Å². The summed E-state index contributed by atoms with van der Waals surface area (Å²) in [7, 11) is -0.187. The van der Waals surface area contributed by atoms with Crippen molar-refractivity contribution in [3.05, 3.63) is 24.3 Å². The predicted octanol–water partition coefficient (Wildman–Crippen LogP) is 3.90. The zero-order chi connectivity index (χ0) is 14.4. The summed E-state index contributed by atoms with van der Waals surface area (Å²) in [5, 5.41) is 7.43. The van der Waals surface area contributed by atoms with E-state index < -0.39 is 0 Å². The molecule has 2 amide bonds. The molecule has 1 unspecified atom stereocenters. The minimum Gasteiger partial charge on any atom is -0.335 e. The van der Waals surface area contributed by atoms with E-state index in [0.29, 0.717) is 6.04 Å². The van der Waals surface area contributed by atoms with Gasteiger partial charge in [-0.15, -0.1) is 0 Å². The van der Waals surface area contributed by atoms with E-state index >= 15 is 0 Å².